The molecule has 0 radical (unpaired) electrons. The number of ether oxygens (including phenoxy) is 2. The summed E-state index contributed by atoms with van der Waals surface area (Å²) in [6, 6.07) is 13.9. The van der Waals surface area contributed by atoms with Gasteiger partial charge < -0.3 is 9.47 Å². The Balaban J connectivity index is 1.60. The van der Waals surface area contributed by atoms with Crippen LogP contribution >= 0.6 is 11.3 Å². The molecule has 0 aliphatic carbocycles. The number of methoxy groups -OCH3 is 2. The van der Waals surface area contributed by atoms with Crippen LogP contribution < -0.4 is 19.6 Å². The summed E-state index contributed by atoms with van der Waals surface area (Å²) < 4.78 is 12.5. The summed E-state index contributed by atoms with van der Waals surface area (Å²) >= 11 is 1.33. The fourth-order valence-electron chi connectivity index (χ4n) is 3.18. The molecule has 0 aliphatic heterocycles. The highest BCUT2D eigenvalue weighted by Gasteiger charge is 2.09. The van der Waals surface area contributed by atoms with Gasteiger partial charge in [-0.3, -0.25) is 4.79 Å². The maximum atomic E-state index is 12.7. The fourth-order valence-corrected chi connectivity index (χ4v) is 4.09. The van der Waals surface area contributed by atoms with Gasteiger partial charge in [0, 0.05) is 0 Å². The third kappa shape index (κ3) is 4.36. The van der Waals surface area contributed by atoms with Crippen LogP contribution in [0, 0.1) is 0 Å². The van der Waals surface area contributed by atoms with Gasteiger partial charge in [0.05, 0.1) is 18.8 Å². The highest BCUT2D eigenvalue weighted by atomic mass is 32.1. The topological polar surface area (TPSA) is 65.7 Å². The van der Waals surface area contributed by atoms with E-state index in [0.29, 0.717) is 32.7 Å². The van der Waals surface area contributed by atoms with Crippen LogP contribution in [0.2, 0.25) is 0 Å². The van der Waals surface area contributed by atoms with Crippen LogP contribution in [0.1, 0.15) is 42.3 Å². The van der Waals surface area contributed by atoms with Gasteiger partial charge in [-0.1, -0.05) is 61.6 Å². The minimum atomic E-state index is -0.161. The summed E-state index contributed by atoms with van der Waals surface area (Å²) in [6.45, 7) is 4.32. The first-order chi connectivity index (χ1) is 15.0. The summed E-state index contributed by atoms with van der Waals surface area (Å²) in [5.74, 6) is 2.26. The Morgan fingerprint density at radius 3 is 2.32 bits per heavy atom. The van der Waals surface area contributed by atoms with Crippen molar-refractivity contribution in [3.8, 4) is 11.5 Å². The number of hydrogen-bond donors (Lipinski definition) is 0. The molecule has 0 amide bonds. The zero-order valence-corrected chi connectivity index (χ0v) is 18.6. The molecule has 6 nitrogen and oxygen atoms in total. The molecule has 0 atom stereocenters. The second-order valence-electron chi connectivity index (χ2n) is 7.35. The third-order valence-corrected chi connectivity index (χ3v) is 5.89. The molecular weight excluding hydrogens is 410 g/mol. The second kappa shape index (κ2) is 8.73. The van der Waals surface area contributed by atoms with Crippen molar-refractivity contribution in [1.82, 2.24) is 14.6 Å². The largest absolute Gasteiger partial charge is 0.493 e. The number of fused-ring (bicyclic) bond motifs is 1. The molecule has 7 heteroatoms. The molecule has 158 valence electrons. The average Bonchev–Trinajstić information content (AvgIpc) is 3.31. The number of benzene rings is 2. The van der Waals surface area contributed by atoms with Crippen molar-refractivity contribution in [2.24, 2.45) is 0 Å². The minimum absolute atomic E-state index is 0.161. The van der Waals surface area contributed by atoms with Crippen LogP contribution in [0.15, 0.2) is 47.3 Å². The van der Waals surface area contributed by atoms with Crippen molar-refractivity contribution >= 4 is 34.5 Å². The lowest BCUT2D eigenvalue weighted by Crippen LogP contribution is -2.23. The van der Waals surface area contributed by atoms with Crippen LogP contribution in [-0.4, -0.2) is 28.8 Å². The Bertz CT molecular complexity index is 1350. The summed E-state index contributed by atoms with van der Waals surface area (Å²) in [7, 11) is 3.20. The molecule has 0 unspecified atom stereocenters. The number of aromatic nitrogens is 3. The smallest absolute Gasteiger partial charge is 0.291 e. The van der Waals surface area contributed by atoms with E-state index >= 15 is 0 Å². The Kier molecular flexibility index (Phi) is 5.86. The van der Waals surface area contributed by atoms with Gasteiger partial charge in [-0.25, -0.2) is 0 Å². The number of hydrogen-bond acceptors (Lipinski definition) is 6. The molecule has 0 N–H and O–H groups in total. The predicted octanol–water partition coefficient (Wildman–Crippen LogP) is 4.01. The zero-order chi connectivity index (χ0) is 22.0. The second-order valence-corrected chi connectivity index (χ2v) is 8.36. The number of rotatable bonds is 6. The highest BCUT2D eigenvalue weighted by molar-refractivity contribution is 7.15. The highest BCUT2D eigenvalue weighted by Crippen LogP contribution is 2.28. The molecule has 0 bridgehead atoms. The first kappa shape index (κ1) is 20.8. The van der Waals surface area contributed by atoms with Crippen molar-refractivity contribution < 1.29 is 9.47 Å². The molecule has 0 aliphatic rings. The van der Waals surface area contributed by atoms with Gasteiger partial charge in [0.2, 0.25) is 4.96 Å². The van der Waals surface area contributed by atoms with Crippen molar-refractivity contribution in [3.05, 3.63) is 79.9 Å². The van der Waals surface area contributed by atoms with Crippen molar-refractivity contribution in [2.75, 3.05) is 14.2 Å². The van der Waals surface area contributed by atoms with Crippen LogP contribution in [0.25, 0.3) is 23.2 Å². The maximum absolute atomic E-state index is 12.7. The van der Waals surface area contributed by atoms with Crippen LogP contribution in [0.3, 0.4) is 0 Å². The lowest BCUT2D eigenvalue weighted by molar-refractivity contribution is 0.355. The van der Waals surface area contributed by atoms with E-state index < -0.39 is 0 Å². The Hall–Kier alpha value is -3.45. The standard InChI is InChI=1S/C24H23N3O3S/c1-15(2)18-9-5-17(6-10-18)14-21-23(28)27-24(31-21)25-22(26-27)12-8-16-7-11-19(29-3)20(13-16)30-4/h5-15H,1-4H3. The first-order valence-corrected chi connectivity index (χ1v) is 10.7. The van der Waals surface area contributed by atoms with E-state index in [0.717, 1.165) is 11.1 Å². The SMILES string of the molecule is COc1ccc(C=Cc2nc3sc(=Cc4ccc(C(C)C)cc4)c(=O)n3n2)cc1OC. The third-order valence-electron chi connectivity index (χ3n) is 4.93. The Labute approximate surface area is 184 Å². The lowest BCUT2D eigenvalue weighted by Gasteiger charge is -2.07. The van der Waals surface area contributed by atoms with Gasteiger partial charge in [-0.05, 0) is 46.9 Å². The molecule has 2 heterocycles. The Morgan fingerprint density at radius 1 is 0.968 bits per heavy atom. The maximum Gasteiger partial charge on any atom is 0.291 e. The van der Waals surface area contributed by atoms with Gasteiger partial charge in [0.25, 0.3) is 5.56 Å². The molecule has 4 rings (SSSR count). The lowest BCUT2D eigenvalue weighted by atomic mass is 10.0. The molecule has 31 heavy (non-hydrogen) atoms. The average molecular weight is 434 g/mol. The molecular formula is C24H23N3O3S. The summed E-state index contributed by atoms with van der Waals surface area (Å²) in [5, 5.41) is 4.34. The van der Waals surface area contributed by atoms with Gasteiger partial charge >= 0.3 is 0 Å². The van der Waals surface area contributed by atoms with Crippen LogP contribution in [0.4, 0.5) is 0 Å². The number of thiazole rings is 1. The summed E-state index contributed by atoms with van der Waals surface area (Å²) in [5.41, 5.74) is 3.01. The van der Waals surface area contributed by atoms with Crippen molar-refractivity contribution in [2.45, 2.75) is 19.8 Å². The monoisotopic (exact) mass is 433 g/mol. The first-order valence-electron chi connectivity index (χ1n) is 9.90. The Morgan fingerprint density at radius 2 is 1.68 bits per heavy atom. The number of nitrogens with zero attached hydrogens (tertiary/aromatic N) is 3. The van der Waals surface area contributed by atoms with Crippen molar-refractivity contribution in [1.29, 1.82) is 0 Å². The molecule has 2 aromatic heterocycles. The van der Waals surface area contributed by atoms with E-state index in [4.69, 9.17) is 9.47 Å². The minimum Gasteiger partial charge on any atom is -0.493 e. The zero-order valence-electron chi connectivity index (χ0n) is 17.8. The molecule has 0 saturated carbocycles. The normalized spacial score (nSPS) is 12.4. The molecule has 4 aromatic rings. The van der Waals surface area contributed by atoms with Crippen molar-refractivity contribution in [3.63, 3.8) is 0 Å². The van der Waals surface area contributed by atoms with E-state index in [1.165, 1.54) is 21.4 Å². The molecule has 2 aromatic carbocycles. The fraction of sp³-hybridized carbons (Fsp3) is 0.208. The predicted molar refractivity (Wildman–Crippen MR) is 125 cm³/mol. The van der Waals surface area contributed by atoms with Crippen LogP contribution in [-0.2, 0) is 0 Å². The van der Waals surface area contributed by atoms with E-state index in [1.54, 1.807) is 20.3 Å². The van der Waals surface area contributed by atoms with Gasteiger partial charge in [0.15, 0.2) is 17.3 Å². The summed E-state index contributed by atoms with van der Waals surface area (Å²) in [6.07, 6.45) is 5.52. The quantitative estimate of drug-likeness (QED) is 0.460. The summed E-state index contributed by atoms with van der Waals surface area (Å²) in [4.78, 5) is 17.8. The van der Waals surface area contributed by atoms with E-state index in [9.17, 15) is 4.79 Å². The van der Waals surface area contributed by atoms with Gasteiger partial charge in [0.1, 0.15) is 0 Å². The van der Waals surface area contributed by atoms with Crippen LogP contribution in [0.5, 0.6) is 11.5 Å². The molecule has 0 saturated heterocycles. The molecule has 0 spiro atoms. The van der Waals surface area contributed by atoms with Gasteiger partial charge in [-0.2, -0.15) is 9.50 Å². The molecule has 0 fully saturated rings. The van der Waals surface area contributed by atoms with E-state index in [2.05, 4.69) is 36.1 Å². The van der Waals surface area contributed by atoms with E-state index in [1.807, 2.05) is 42.5 Å². The van der Waals surface area contributed by atoms with E-state index in [-0.39, 0.29) is 5.56 Å². The van der Waals surface area contributed by atoms with Gasteiger partial charge in [-0.15, -0.1) is 5.10 Å².